The first-order valence-corrected chi connectivity index (χ1v) is 9.55. The zero-order valence-electron chi connectivity index (χ0n) is 15.5. The number of nitrogens with one attached hydrogen (secondary N) is 1. The largest absolute Gasteiger partial charge is 0.480 e. The summed E-state index contributed by atoms with van der Waals surface area (Å²) in [6.45, 7) is 5.65. The first kappa shape index (κ1) is 17.5. The van der Waals surface area contributed by atoms with Crippen LogP contribution in [0.25, 0.3) is 10.8 Å². The highest BCUT2D eigenvalue weighted by Crippen LogP contribution is 2.27. The molecule has 4 rings (SSSR count). The van der Waals surface area contributed by atoms with E-state index in [-0.39, 0.29) is 0 Å². The van der Waals surface area contributed by atoms with E-state index in [9.17, 15) is 0 Å². The lowest BCUT2D eigenvalue weighted by molar-refractivity contribution is -0.914. The number of anilines is 1. The van der Waals surface area contributed by atoms with E-state index in [1.54, 1.807) is 4.90 Å². The number of nitrogens with zero attached hydrogens (tertiary/aromatic N) is 1. The van der Waals surface area contributed by atoms with Crippen LogP contribution in [-0.2, 0) is 6.54 Å². The minimum Gasteiger partial charge on any atom is -0.480 e. The van der Waals surface area contributed by atoms with Gasteiger partial charge in [-0.25, -0.2) is 0 Å². The maximum absolute atomic E-state index is 5.87. The summed E-state index contributed by atoms with van der Waals surface area (Å²) in [6, 6.07) is 23.4. The molecule has 0 bridgehead atoms. The molecule has 27 heavy (non-hydrogen) atoms. The van der Waals surface area contributed by atoms with Crippen molar-refractivity contribution in [2.24, 2.45) is 0 Å². The molecular formula is C24H25N2O+. The average molecular weight is 357 g/mol. The fourth-order valence-electron chi connectivity index (χ4n) is 3.90. The van der Waals surface area contributed by atoms with Crippen LogP contribution in [0.5, 0.6) is 5.75 Å². The van der Waals surface area contributed by atoms with Gasteiger partial charge >= 0.3 is 0 Å². The van der Waals surface area contributed by atoms with Crippen molar-refractivity contribution in [3.63, 3.8) is 0 Å². The number of ether oxygens (including phenoxy) is 1. The Hall–Kier alpha value is -2.96. The molecule has 3 aromatic carbocycles. The second kappa shape index (κ2) is 8.16. The third kappa shape index (κ3) is 3.92. The Labute approximate surface area is 161 Å². The van der Waals surface area contributed by atoms with Crippen LogP contribution >= 0.6 is 0 Å². The fraction of sp³-hybridized carbons (Fsp3) is 0.250. The highest BCUT2D eigenvalue weighted by Gasteiger charge is 2.22. The fourth-order valence-corrected chi connectivity index (χ4v) is 3.90. The number of quaternary nitrogens is 1. The Morgan fingerprint density at radius 3 is 2.44 bits per heavy atom. The van der Waals surface area contributed by atoms with E-state index >= 15 is 0 Å². The number of rotatable bonds is 5. The van der Waals surface area contributed by atoms with E-state index in [0.717, 1.165) is 38.5 Å². The molecule has 0 aliphatic carbocycles. The molecule has 1 N–H and O–H groups in total. The van der Waals surface area contributed by atoms with Crippen LogP contribution in [0, 0.1) is 12.3 Å². The lowest BCUT2D eigenvalue weighted by atomic mass is 10.0. The van der Waals surface area contributed by atoms with Gasteiger partial charge in [0, 0.05) is 5.69 Å². The first-order chi connectivity index (χ1) is 13.3. The molecule has 0 atom stereocenters. The molecule has 1 aliphatic heterocycles. The second-order valence-corrected chi connectivity index (χ2v) is 7.01. The monoisotopic (exact) mass is 357 g/mol. The van der Waals surface area contributed by atoms with Gasteiger partial charge < -0.3 is 14.5 Å². The topological polar surface area (TPSA) is 16.9 Å². The number of para-hydroxylation sites is 1. The summed E-state index contributed by atoms with van der Waals surface area (Å²) in [4.78, 5) is 4.06. The summed E-state index contributed by atoms with van der Waals surface area (Å²) >= 11 is 0. The van der Waals surface area contributed by atoms with E-state index in [1.165, 1.54) is 22.0 Å². The number of fused-ring (bicyclic) bond motifs is 1. The lowest BCUT2D eigenvalue weighted by Gasteiger charge is -2.34. The van der Waals surface area contributed by atoms with Crippen molar-refractivity contribution < 1.29 is 9.64 Å². The Morgan fingerprint density at radius 2 is 1.67 bits per heavy atom. The van der Waals surface area contributed by atoms with Gasteiger partial charge in [-0.2, -0.15) is 0 Å². The highest BCUT2D eigenvalue weighted by molar-refractivity contribution is 5.87. The molecule has 0 amide bonds. The minimum atomic E-state index is 0.308. The smallest absolute Gasteiger partial charge is 0.148 e. The predicted octanol–water partition coefficient (Wildman–Crippen LogP) is 2.76. The quantitative estimate of drug-likeness (QED) is 0.707. The van der Waals surface area contributed by atoms with Crippen molar-refractivity contribution in [3.8, 4) is 18.1 Å². The lowest BCUT2D eigenvalue weighted by Crippen LogP contribution is -3.13. The summed E-state index contributed by atoms with van der Waals surface area (Å²) in [5, 5.41) is 2.52. The minimum absolute atomic E-state index is 0.308. The molecule has 1 saturated heterocycles. The average Bonchev–Trinajstić information content (AvgIpc) is 2.74. The van der Waals surface area contributed by atoms with E-state index < -0.39 is 0 Å². The van der Waals surface area contributed by atoms with Crippen LogP contribution in [0.15, 0.2) is 66.7 Å². The maximum atomic E-state index is 5.87. The molecule has 0 radical (unpaired) electrons. The van der Waals surface area contributed by atoms with Crippen LogP contribution in [0.2, 0.25) is 0 Å². The van der Waals surface area contributed by atoms with Gasteiger partial charge in [0.2, 0.25) is 0 Å². The molecule has 1 heterocycles. The van der Waals surface area contributed by atoms with Gasteiger partial charge in [-0.05, 0) is 29.0 Å². The number of terminal acetylenes is 1. The van der Waals surface area contributed by atoms with Crippen molar-refractivity contribution in [2.45, 2.75) is 6.54 Å². The van der Waals surface area contributed by atoms with E-state index in [1.807, 2.05) is 0 Å². The van der Waals surface area contributed by atoms with Gasteiger partial charge in [0.25, 0.3) is 0 Å². The summed E-state index contributed by atoms with van der Waals surface area (Å²) in [5.74, 6) is 3.50. The van der Waals surface area contributed by atoms with Gasteiger partial charge in [-0.3, -0.25) is 0 Å². The Kier molecular flexibility index (Phi) is 5.27. The van der Waals surface area contributed by atoms with Gasteiger partial charge in [0.1, 0.15) is 18.9 Å². The van der Waals surface area contributed by atoms with Crippen LogP contribution in [0.1, 0.15) is 5.56 Å². The molecule has 0 spiro atoms. The van der Waals surface area contributed by atoms with Crippen LogP contribution < -0.4 is 14.5 Å². The molecule has 3 aromatic rings. The third-order valence-electron chi connectivity index (χ3n) is 5.33. The first-order valence-electron chi connectivity index (χ1n) is 9.55. The number of hydrogen-bond donors (Lipinski definition) is 1. The van der Waals surface area contributed by atoms with Gasteiger partial charge in [-0.1, -0.05) is 54.5 Å². The molecule has 136 valence electrons. The van der Waals surface area contributed by atoms with E-state index in [0.29, 0.717) is 6.61 Å². The molecule has 3 nitrogen and oxygen atoms in total. The number of benzene rings is 3. The van der Waals surface area contributed by atoms with Crippen LogP contribution in [0.3, 0.4) is 0 Å². The molecule has 1 aliphatic rings. The number of piperazine rings is 1. The van der Waals surface area contributed by atoms with Crippen molar-refractivity contribution >= 4 is 16.5 Å². The summed E-state index contributed by atoms with van der Waals surface area (Å²) in [5.41, 5.74) is 2.59. The SMILES string of the molecule is C#CCOc1ccc2ccccc2c1C[NH+]1CCN(c2ccccc2)CC1. The Bertz CT molecular complexity index is 938. The predicted molar refractivity (Wildman–Crippen MR) is 111 cm³/mol. The van der Waals surface area contributed by atoms with Gasteiger partial charge in [-0.15, -0.1) is 6.42 Å². The molecule has 0 aromatic heterocycles. The standard InChI is InChI=1S/C24H24N2O/c1-2-18-27-24-13-12-20-8-6-7-11-22(20)23(24)19-25-14-16-26(17-15-25)21-9-4-3-5-10-21/h1,3-13H,14-19H2/p+1. The summed E-state index contributed by atoms with van der Waals surface area (Å²) in [7, 11) is 0. The van der Waals surface area contributed by atoms with Crippen molar-refractivity contribution in [1.29, 1.82) is 0 Å². The molecule has 0 saturated carbocycles. The highest BCUT2D eigenvalue weighted by atomic mass is 16.5. The van der Waals surface area contributed by atoms with Crippen LogP contribution in [-0.4, -0.2) is 32.8 Å². The Balaban J connectivity index is 1.52. The van der Waals surface area contributed by atoms with Crippen molar-refractivity contribution in [1.82, 2.24) is 0 Å². The van der Waals surface area contributed by atoms with E-state index in [4.69, 9.17) is 11.2 Å². The number of hydrogen-bond acceptors (Lipinski definition) is 2. The second-order valence-electron chi connectivity index (χ2n) is 7.01. The zero-order valence-corrected chi connectivity index (χ0v) is 15.5. The van der Waals surface area contributed by atoms with E-state index in [2.05, 4.69) is 77.6 Å². The van der Waals surface area contributed by atoms with Crippen LogP contribution in [0.4, 0.5) is 5.69 Å². The normalized spacial score (nSPS) is 14.9. The van der Waals surface area contributed by atoms with Gasteiger partial charge in [0.15, 0.2) is 0 Å². The maximum Gasteiger partial charge on any atom is 0.148 e. The molecule has 0 unspecified atom stereocenters. The Morgan fingerprint density at radius 1 is 0.926 bits per heavy atom. The summed E-state index contributed by atoms with van der Waals surface area (Å²) in [6.07, 6.45) is 5.41. The third-order valence-corrected chi connectivity index (χ3v) is 5.33. The van der Waals surface area contributed by atoms with Crippen molar-refractivity contribution in [3.05, 3.63) is 72.3 Å². The summed E-state index contributed by atoms with van der Waals surface area (Å²) < 4.78 is 5.87. The zero-order chi connectivity index (χ0) is 18.5. The van der Waals surface area contributed by atoms with Crippen molar-refractivity contribution in [2.75, 3.05) is 37.7 Å². The molecule has 1 fully saturated rings. The molecular weight excluding hydrogens is 332 g/mol. The molecule has 3 heteroatoms. The van der Waals surface area contributed by atoms with Gasteiger partial charge in [0.05, 0.1) is 31.7 Å².